The van der Waals surface area contributed by atoms with E-state index in [2.05, 4.69) is 54.8 Å². The zero-order chi connectivity index (χ0) is 16.5. The quantitative estimate of drug-likeness (QED) is 0.769. The molecule has 0 aliphatic carbocycles. The Kier molecular flexibility index (Phi) is 7.10. The maximum absolute atomic E-state index is 12.3. The molecule has 2 rings (SSSR count). The third-order valence-electron chi connectivity index (χ3n) is 5.60. The van der Waals surface area contributed by atoms with E-state index in [4.69, 9.17) is 0 Å². The van der Waals surface area contributed by atoms with Gasteiger partial charge < -0.3 is 10.6 Å². The van der Waals surface area contributed by atoms with Crippen LogP contribution in [-0.2, 0) is 10.2 Å². The number of piperidine rings is 1. The lowest BCUT2D eigenvalue weighted by Gasteiger charge is -2.33. The first kappa shape index (κ1) is 18.0. The summed E-state index contributed by atoms with van der Waals surface area (Å²) in [4.78, 5) is 12.3. The average molecular weight is 316 g/mol. The van der Waals surface area contributed by atoms with E-state index in [1.807, 2.05) is 0 Å². The Morgan fingerprint density at radius 3 is 2.43 bits per heavy atom. The molecule has 3 heteroatoms. The van der Waals surface area contributed by atoms with Gasteiger partial charge in [-0.3, -0.25) is 4.79 Å². The highest BCUT2D eigenvalue weighted by atomic mass is 16.1. The summed E-state index contributed by atoms with van der Waals surface area (Å²) >= 11 is 0. The smallest absolute Gasteiger partial charge is 0.220 e. The van der Waals surface area contributed by atoms with E-state index in [1.165, 1.54) is 18.4 Å². The normalized spacial score (nSPS) is 16.3. The largest absolute Gasteiger partial charge is 0.355 e. The molecule has 1 fully saturated rings. The van der Waals surface area contributed by atoms with Crippen LogP contribution in [0.4, 0.5) is 0 Å². The number of hydrogen-bond acceptors (Lipinski definition) is 2. The first-order chi connectivity index (χ1) is 11.2. The zero-order valence-electron chi connectivity index (χ0n) is 14.7. The number of nitrogens with one attached hydrogen (secondary N) is 2. The van der Waals surface area contributed by atoms with Gasteiger partial charge in [-0.25, -0.2) is 0 Å². The fourth-order valence-electron chi connectivity index (χ4n) is 3.66. The molecule has 1 aromatic rings. The SMILES string of the molecule is CCC(CC)(CNC(=O)CCC1CCNCC1)c1ccccc1. The van der Waals surface area contributed by atoms with Crippen molar-refractivity contribution < 1.29 is 4.79 Å². The Balaban J connectivity index is 1.84. The molecule has 0 saturated carbocycles. The van der Waals surface area contributed by atoms with Crippen LogP contribution in [0, 0.1) is 5.92 Å². The summed E-state index contributed by atoms with van der Waals surface area (Å²) in [5, 5.41) is 6.59. The van der Waals surface area contributed by atoms with Gasteiger partial charge in [-0.05, 0) is 56.7 Å². The van der Waals surface area contributed by atoms with Gasteiger partial charge in [0.15, 0.2) is 0 Å². The third kappa shape index (κ3) is 5.07. The maximum atomic E-state index is 12.3. The summed E-state index contributed by atoms with van der Waals surface area (Å²) in [6.07, 6.45) is 6.22. The van der Waals surface area contributed by atoms with Crippen LogP contribution in [0.25, 0.3) is 0 Å². The van der Waals surface area contributed by atoms with E-state index in [0.29, 0.717) is 6.42 Å². The van der Waals surface area contributed by atoms with Crippen LogP contribution in [0.1, 0.15) is 57.9 Å². The van der Waals surface area contributed by atoms with Gasteiger partial charge in [0.25, 0.3) is 0 Å². The molecule has 1 aliphatic rings. The van der Waals surface area contributed by atoms with E-state index in [9.17, 15) is 4.79 Å². The number of benzene rings is 1. The number of rotatable bonds is 8. The second-order valence-electron chi connectivity index (χ2n) is 6.86. The van der Waals surface area contributed by atoms with E-state index >= 15 is 0 Å². The average Bonchev–Trinajstić information content (AvgIpc) is 2.63. The Bertz CT molecular complexity index is 462. The Morgan fingerprint density at radius 1 is 1.17 bits per heavy atom. The predicted molar refractivity (Wildman–Crippen MR) is 96.5 cm³/mol. The van der Waals surface area contributed by atoms with Crippen molar-refractivity contribution in [1.82, 2.24) is 10.6 Å². The molecule has 23 heavy (non-hydrogen) atoms. The van der Waals surface area contributed by atoms with Gasteiger partial charge in [-0.1, -0.05) is 44.2 Å². The van der Waals surface area contributed by atoms with Crippen molar-refractivity contribution >= 4 is 5.91 Å². The van der Waals surface area contributed by atoms with Crippen molar-refractivity contribution in [2.45, 2.75) is 57.8 Å². The lowest BCUT2D eigenvalue weighted by molar-refractivity contribution is -0.121. The predicted octanol–water partition coefficient (Wildman–Crippen LogP) is 3.64. The summed E-state index contributed by atoms with van der Waals surface area (Å²) in [6, 6.07) is 10.6. The molecule has 128 valence electrons. The van der Waals surface area contributed by atoms with Gasteiger partial charge in [0, 0.05) is 18.4 Å². The Hall–Kier alpha value is -1.35. The first-order valence-corrected chi connectivity index (χ1v) is 9.23. The summed E-state index contributed by atoms with van der Waals surface area (Å²) in [6.45, 7) is 7.40. The van der Waals surface area contributed by atoms with Crippen molar-refractivity contribution in [3.8, 4) is 0 Å². The van der Waals surface area contributed by atoms with Gasteiger partial charge >= 0.3 is 0 Å². The lowest BCUT2D eigenvalue weighted by atomic mass is 9.76. The van der Waals surface area contributed by atoms with Crippen molar-refractivity contribution in [3.63, 3.8) is 0 Å². The van der Waals surface area contributed by atoms with Gasteiger partial charge in [-0.15, -0.1) is 0 Å². The fourth-order valence-corrected chi connectivity index (χ4v) is 3.66. The zero-order valence-corrected chi connectivity index (χ0v) is 14.7. The van der Waals surface area contributed by atoms with E-state index in [-0.39, 0.29) is 11.3 Å². The summed E-state index contributed by atoms with van der Waals surface area (Å²) in [5.74, 6) is 0.934. The van der Waals surface area contributed by atoms with Gasteiger partial charge in [0.1, 0.15) is 0 Å². The summed E-state index contributed by atoms with van der Waals surface area (Å²) in [7, 11) is 0. The minimum atomic E-state index is 0.0612. The minimum absolute atomic E-state index is 0.0612. The number of carbonyl (C=O) groups excluding carboxylic acids is 1. The van der Waals surface area contributed by atoms with Crippen LogP contribution in [0.5, 0.6) is 0 Å². The van der Waals surface area contributed by atoms with Gasteiger partial charge in [0.05, 0.1) is 0 Å². The van der Waals surface area contributed by atoms with Crippen molar-refractivity contribution in [1.29, 1.82) is 0 Å². The highest BCUT2D eigenvalue weighted by molar-refractivity contribution is 5.76. The van der Waals surface area contributed by atoms with Crippen molar-refractivity contribution in [2.75, 3.05) is 19.6 Å². The number of carbonyl (C=O) groups is 1. The highest BCUT2D eigenvalue weighted by Gasteiger charge is 2.28. The fraction of sp³-hybridized carbons (Fsp3) is 0.650. The number of amides is 1. The Morgan fingerprint density at radius 2 is 1.83 bits per heavy atom. The second-order valence-corrected chi connectivity index (χ2v) is 6.86. The monoisotopic (exact) mass is 316 g/mol. The molecule has 0 spiro atoms. The lowest BCUT2D eigenvalue weighted by Crippen LogP contribution is -2.40. The topological polar surface area (TPSA) is 41.1 Å². The molecule has 0 bridgehead atoms. The van der Waals surface area contributed by atoms with Crippen molar-refractivity contribution in [3.05, 3.63) is 35.9 Å². The van der Waals surface area contributed by atoms with Gasteiger partial charge in [-0.2, -0.15) is 0 Å². The maximum Gasteiger partial charge on any atom is 0.220 e. The van der Waals surface area contributed by atoms with Crippen LogP contribution < -0.4 is 10.6 Å². The molecular weight excluding hydrogens is 284 g/mol. The van der Waals surface area contributed by atoms with E-state index < -0.39 is 0 Å². The first-order valence-electron chi connectivity index (χ1n) is 9.23. The van der Waals surface area contributed by atoms with Crippen LogP contribution in [0.2, 0.25) is 0 Å². The Labute approximate surface area is 141 Å². The molecule has 2 N–H and O–H groups in total. The molecule has 1 aliphatic heterocycles. The van der Waals surface area contributed by atoms with Crippen LogP contribution >= 0.6 is 0 Å². The summed E-state index contributed by atoms with van der Waals surface area (Å²) < 4.78 is 0. The van der Waals surface area contributed by atoms with Crippen LogP contribution in [0.3, 0.4) is 0 Å². The molecule has 3 nitrogen and oxygen atoms in total. The van der Waals surface area contributed by atoms with E-state index in [0.717, 1.165) is 44.8 Å². The standard InChI is InChI=1S/C20H32N2O/c1-3-20(4-2,18-8-6-5-7-9-18)16-22-19(23)11-10-17-12-14-21-15-13-17/h5-9,17,21H,3-4,10-16H2,1-2H3,(H,22,23). The third-order valence-corrected chi connectivity index (χ3v) is 5.60. The molecule has 1 amide bonds. The molecule has 0 radical (unpaired) electrons. The molecule has 1 saturated heterocycles. The summed E-state index contributed by atoms with van der Waals surface area (Å²) in [5.41, 5.74) is 1.40. The molecule has 0 unspecified atom stereocenters. The molecule has 0 aromatic heterocycles. The molecular formula is C20H32N2O. The minimum Gasteiger partial charge on any atom is -0.355 e. The van der Waals surface area contributed by atoms with Gasteiger partial charge in [0.2, 0.25) is 5.91 Å². The molecule has 1 heterocycles. The molecule has 1 aromatic carbocycles. The van der Waals surface area contributed by atoms with Crippen molar-refractivity contribution in [2.24, 2.45) is 5.92 Å². The highest BCUT2D eigenvalue weighted by Crippen LogP contribution is 2.31. The molecule has 0 atom stereocenters. The van der Waals surface area contributed by atoms with E-state index in [1.54, 1.807) is 0 Å². The van der Waals surface area contributed by atoms with Crippen LogP contribution in [0.15, 0.2) is 30.3 Å². The second kappa shape index (κ2) is 9.07. The van der Waals surface area contributed by atoms with Crippen LogP contribution in [-0.4, -0.2) is 25.5 Å². The number of hydrogen-bond donors (Lipinski definition) is 2.